The SMILES string of the molecule is CCCCC(OCc1ccc(OC)c(OC)c1)C(N)c1ccc(C(=O)Nc2ccnc(N)c2)cc1. The van der Waals surface area contributed by atoms with Crippen molar-refractivity contribution in [2.24, 2.45) is 5.73 Å². The number of hydrogen-bond donors (Lipinski definition) is 3. The van der Waals surface area contributed by atoms with E-state index >= 15 is 0 Å². The van der Waals surface area contributed by atoms with Crippen LogP contribution >= 0.6 is 0 Å². The van der Waals surface area contributed by atoms with Crippen LogP contribution in [0.5, 0.6) is 11.5 Å². The van der Waals surface area contributed by atoms with Gasteiger partial charge in [-0.25, -0.2) is 4.98 Å². The summed E-state index contributed by atoms with van der Waals surface area (Å²) in [5.41, 5.74) is 15.3. The number of benzene rings is 2. The summed E-state index contributed by atoms with van der Waals surface area (Å²) in [6.45, 7) is 2.54. The summed E-state index contributed by atoms with van der Waals surface area (Å²) in [6, 6.07) is 16.0. The number of ether oxygens (including phenoxy) is 3. The van der Waals surface area contributed by atoms with Crippen molar-refractivity contribution in [2.75, 3.05) is 25.3 Å². The highest BCUT2D eigenvalue weighted by Gasteiger charge is 2.21. The summed E-state index contributed by atoms with van der Waals surface area (Å²) in [6.07, 6.45) is 4.24. The summed E-state index contributed by atoms with van der Waals surface area (Å²) >= 11 is 0. The van der Waals surface area contributed by atoms with Gasteiger partial charge in [-0.1, -0.05) is 38.0 Å². The molecule has 0 aliphatic heterocycles. The number of hydrogen-bond acceptors (Lipinski definition) is 7. The van der Waals surface area contributed by atoms with Gasteiger partial charge in [0.25, 0.3) is 5.91 Å². The van der Waals surface area contributed by atoms with Crippen LogP contribution in [0, 0.1) is 0 Å². The number of nitrogens with zero attached hydrogens (tertiary/aromatic N) is 1. The van der Waals surface area contributed by atoms with Gasteiger partial charge >= 0.3 is 0 Å². The lowest BCUT2D eigenvalue weighted by Gasteiger charge is -2.25. The normalized spacial score (nSPS) is 12.6. The minimum Gasteiger partial charge on any atom is -0.493 e. The van der Waals surface area contributed by atoms with Crippen molar-refractivity contribution in [2.45, 2.75) is 44.9 Å². The molecule has 1 heterocycles. The monoisotopic (exact) mass is 478 g/mol. The van der Waals surface area contributed by atoms with Gasteiger partial charge in [-0.05, 0) is 47.9 Å². The Morgan fingerprint density at radius 1 is 1.03 bits per heavy atom. The minimum atomic E-state index is -0.334. The summed E-state index contributed by atoms with van der Waals surface area (Å²) in [4.78, 5) is 16.5. The maximum atomic E-state index is 12.6. The van der Waals surface area contributed by atoms with Crippen molar-refractivity contribution < 1.29 is 19.0 Å². The first kappa shape index (κ1) is 26.0. The molecule has 0 aliphatic carbocycles. The standard InChI is InChI=1S/C27H34N4O4/c1-4-5-6-23(35-17-18-7-12-22(33-2)24(15-18)34-3)26(29)19-8-10-20(11-9-19)27(32)31-21-13-14-30-25(28)16-21/h7-16,23,26H,4-6,17,29H2,1-3H3,(H3,28,30,31,32). The van der Waals surface area contributed by atoms with Crippen molar-refractivity contribution >= 4 is 17.4 Å². The molecule has 1 amide bonds. The summed E-state index contributed by atoms with van der Waals surface area (Å²) in [7, 11) is 3.22. The van der Waals surface area contributed by atoms with E-state index in [4.69, 9.17) is 25.7 Å². The van der Waals surface area contributed by atoms with Crippen molar-refractivity contribution in [1.29, 1.82) is 0 Å². The third-order valence-electron chi connectivity index (χ3n) is 5.75. The number of nitrogen functional groups attached to an aromatic ring is 1. The number of pyridine rings is 1. The number of nitrogens with two attached hydrogens (primary N) is 2. The average molecular weight is 479 g/mol. The van der Waals surface area contributed by atoms with Crippen LogP contribution in [0.25, 0.3) is 0 Å². The van der Waals surface area contributed by atoms with E-state index in [0.29, 0.717) is 35.2 Å². The Labute approximate surface area is 206 Å². The van der Waals surface area contributed by atoms with E-state index in [1.54, 1.807) is 44.7 Å². The fraction of sp³-hybridized carbons (Fsp3) is 0.333. The molecule has 3 aromatic rings. The highest BCUT2D eigenvalue weighted by molar-refractivity contribution is 6.04. The lowest BCUT2D eigenvalue weighted by atomic mass is 9.97. The predicted octanol–water partition coefficient (Wildman–Crippen LogP) is 4.71. The molecule has 0 saturated carbocycles. The Hall–Kier alpha value is -3.62. The largest absolute Gasteiger partial charge is 0.493 e. The van der Waals surface area contributed by atoms with Gasteiger partial charge < -0.3 is 31.0 Å². The van der Waals surface area contributed by atoms with Crippen LogP contribution in [-0.4, -0.2) is 31.2 Å². The molecule has 0 bridgehead atoms. The molecule has 2 aromatic carbocycles. The van der Waals surface area contributed by atoms with E-state index in [1.807, 2.05) is 30.3 Å². The van der Waals surface area contributed by atoms with Crippen LogP contribution in [0.4, 0.5) is 11.5 Å². The molecule has 0 radical (unpaired) electrons. The van der Waals surface area contributed by atoms with Gasteiger partial charge in [0.05, 0.1) is 33.0 Å². The number of methoxy groups -OCH3 is 2. The molecule has 2 atom stereocenters. The molecule has 35 heavy (non-hydrogen) atoms. The molecule has 0 saturated heterocycles. The van der Waals surface area contributed by atoms with Gasteiger partial charge in [0.1, 0.15) is 5.82 Å². The lowest BCUT2D eigenvalue weighted by Crippen LogP contribution is -2.29. The summed E-state index contributed by atoms with van der Waals surface area (Å²) < 4.78 is 17.0. The first-order chi connectivity index (χ1) is 16.9. The fourth-order valence-corrected chi connectivity index (χ4v) is 3.75. The molecule has 8 nitrogen and oxygen atoms in total. The molecule has 0 fully saturated rings. The predicted molar refractivity (Wildman–Crippen MR) is 138 cm³/mol. The Morgan fingerprint density at radius 3 is 2.43 bits per heavy atom. The third-order valence-corrected chi connectivity index (χ3v) is 5.75. The minimum absolute atomic E-state index is 0.178. The first-order valence-corrected chi connectivity index (χ1v) is 11.7. The second kappa shape index (κ2) is 12.7. The van der Waals surface area contributed by atoms with E-state index in [0.717, 1.165) is 30.4 Å². The highest BCUT2D eigenvalue weighted by Crippen LogP contribution is 2.29. The number of amides is 1. The zero-order valence-electron chi connectivity index (χ0n) is 20.5. The van der Waals surface area contributed by atoms with E-state index in [2.05, 4.69) is 17.2 Å². The Morgan fingerprint density at radius 2 is 1.77 bits per heavy atom. The molecule has 3 rings (SSSR count). The van der Waals surface area contributed by atoms with E-state index in [1.165, 1.54) is 0 Å². The molecule has 8 heteroatoms. The van der Waals surface area contributed by atoms with Crippen LogP contribution in [0.2, 0.25) is 0 Å². The Kier molecular flexibility index (Phi) is 9.46. The molecule has 0 aliphatic rings. The second-order valence-electron chi connectivity index (χ2n) is 8.25. The number of carbonyl (C=O) groups excluding carboxylic acids is 1. The van der Waals surface area contributed by atoms with Gasteiger partial charge in [0.2, 0.25) is 0 Å². The molecule has 1 aromatic heterocycles. The third kappa shape index (κ3) is 7.18. The second-order valence-corrected chi connectivity index (χ2v) is 8.25. The number of rotatable bonds is 12. The summed E-state index contributed by atoms with van der Waals surface area (Å²) in [5, 5.41) is 2.82. The maximum absolute atomic E-state index is 12.6. The zero-order valence-corrected chi connectivity index (χ0v) is 20.5. The van der Waals surface area contributed by atoms with Gasteiger partial charge in [-0.2, -0.15) is 0 Å². The Bertz CT molecular complexity index is 1100. The van der Waals surface area contributed by atoms with Crippen molar-refractivity contribution in [3.8, 4) is 11.5 Å². The van der Waals surface area contributed by atoms with Gasteiger partial charge in [-0.3, -0.25) is 4.79 Å². The number of carbonyl (C=O) groups is 1. The van der Waals surface area contributed by atoms with Crippen LogP contribution in [0.15, 0.2) is 60.8 Å². The van der Waals surface area contributed by atoms with Gasteiger partial charge in [0.15, 0.2) is 11.5 Å². The molecular weight excluding hydrogens is 444 g/mol. The van der Waals surface area contributed by atoms with Crippen LogP contribution in [-0.2, 0) is 11.3 Å². The van der Waals surface area contributed by atoms with E-state index < -0.39 is 0 Å². The highest BCUT2D eigenvalue weighted by atomic mass is 16.5. The number of unbranched alkanes of at least 4 members (excludes halogenated alkanes) is 1. The molecule has 5 N–H and O–H groups in total. The van der Waals surface area contributed by atoms with E-state index in [-0.39, 0.29) is 18.1 Å². The van der Waals surface area contributed by atoms with Crippen LogP contribution < -0.4 is 26.3 Å². The fourth-order valence-electron chi connectivity index (χ4n) is 3.75. The van der Waals surface area contributed by atoms with Crippen molar-refractivity contribution in [3.63, 3.8) is 0 Å². The molecular formula is C27H34N4O4. The zero-order chi connectivity index (χ0) is 25.2. The van der Waals surface area contributed by atoms with Crippen molar-refractivity contribution in [1.82, 2.24) is 4.98 Å². The van der Waals surface area contributed by atoms with Crippen molar-refractivity contribution in [3.05, 3.63) is 77.5 Å². The number of anilines is 2. The lowest BCUT2D eigenvalue weighted by molar-refractivity contribution is 0.0161. The molecule has 2 unspecified atom stereocenters. The number of nitrogens with one attached hydrogen (secondary N) is 1. The summed E-state index contributed by atoms with van der Waals surface area (Å²) in [5.74, 6) is 1.44. The maximum Gasteiger partial charge on any atom is 0.255 e. The van der Waals surface area contributed by atoms with Crippen LogP contribution in [0.3, 0.4) is 0 Å². The van der Waals surface area contributed by atoms with Gasteiger partial charge in [0, 0.05) is 23.5 Å². The quantitative estimate of drug-likeness (QED) is 0.345. The smallest absolute Gasteiger partial charge is 0.255 e. The molecule has 0 spiro atoms. The number of aromatic nitrogens is 1. The average Bonchev–Trinajstić information content (AvgIpc) is 2.88. The van der Waals surface area contributed by atoms with E-state index in [9.17, 15) is 4.79 Å². The van der Waals surface area contributed by atoms with Gasteiger partial charge in [-0.15, -0.1) is 0 Å². The van der Waals surface area contributed by atoms with Crippen LogP contribution in [0.1, 0.15) is 53.7 Å². The molecule has 186 valence electrons. The first-order valence-electron chi connectivity index (χ1n) is 11.7. The topological polar surface area (TPSA) is 122 Å². The Balaban J connectivity index is 1.67.